The fourth-order valence-corrected chi connectivity index (χ4v) is 7.12. The van der Waals surface area contributed by atoms with Gasteiger partial charge < -0.3 is 9.47 Å². The van der Waals surface area contributed by atoms with Crippen LogP contribution in [-0.2, 0) is 0 Å². The van der Waals surface area contributed by atoms with Crippen LogP contribution in [0.1, 0.15) is 13.8 Å². The summed E-state index contributed by atoms with van der Waals surface area (Å²) in [6, 6.07) is 51.2. The van der Waals surface area contributed by atoms with Gasteiger partial charge in [-0.3, -0.25) is 0 Å². The van der Waals surface area contributed by atoms with E-state index in [-0.39, 0.29) is 0 Å². The maximum Gasteiger partial charge on any atom is 0.145 e. The third-order valence-electron chi connectivity index (χ3n) is 7.19. The molecule has 0 fully saturated rings. The lowest BCUT2D eigenvalue weighted by molar-refractivity contribution is 0.308. The van der Waals surface area contributed by atoms with Gasteiger partial charge in [0.25, 0.3) is 0 Å². The molecule has 0 aliphatic heterocycles. The topological polar surface area (TPSA) is 18.5 Å². The van der Waals surface area contributed by atoms with Crippen molar-refractivity contribution < 1.29 is 9.47 Å². The first-order valence-corrected chi connectivity index (χ1v) is 16.6. The third-order valence-corrected chi connectivity index (χ3v) is 9.34. The van der Waals surface area contributed by atoms with Gasteiger partial charge in [0.15, 0.2) is 0 Å². The summed E-state index contributed by atoms with van der Waals surface area (Å²) >= 11 is 3.43. The van der Waals surface area contributed by atoms with Gasteiger partial charge in [-0.05, 0) is 72.0 Å². The quantitative estimate of drug-likeness (QED) is 0.145. The Kier molecular flexibility index (Phi) is 9.71. The van der Waals surface area contributed by atoms with E-state index in [0.717, 1.165) is 42.2 Å². The number of rotatable bonds is 11. The number of hydrogen-bond acceptors (Lipinski definition) is 4. The predicted octanol–water partition coefficient (Wildman–Crippen LogP) is 11.8. The molecule has 0 unspecified atom stereocenters. The summed E-state index contributed by atoms with van der Waals surface area (Å²) in [6.07, 6.45) is 0. The molecule has 6 rings (SSSR count). The van der Waals surface area contributed by atoms with Gasteiger partial charge in [0.2, 0.25) is 0 Å². The molecule has 0 saturated carbocycles. The molecular formula is C40H34O2S2. The summed E-state index contributed by atoms with van der Waals surface area (Å²) in [4.78, 5) is 4.37. The maximum absolute atomic E-state index is 6.52. The lowest BCUT2D eigenvalue weighted by Gasteiger charge is -2.22. The monoisotopic (exact) mass is 610 g/mol. The van der Waals surface area contributed by atoms with Gasteiger partial charge in [-0.2, -0.15) is 0 Å². The molecule has 0 radical (unpaired) electrons. The highest BCUT2D eigenvalue weighted by Crippen LogP contribution is 2.52. The van der Waals surface area contributed by atoms with Crippen molar-refractivity contribution >= 4 is 23.5 Å². The summed E-state index contributed by atoms with van der Waals surface area (Å²) in [7, 11) is 0. The number of hydrogen-bond donors (Lipinski definition) is 0. The van der Waals surface area contributed by atoms with Crippen molar-refractivity contribution in [2.75, 3.05) is 13.2 Å². The molecule has 0 aromatic heterocycles. The normalized spacial score (nSPS) is 10.9. The second kappa shape index (κ2) is 14.4. The Labute approximate surface area is 269 Å². The van der Waals surface area contributed by atoms with Gasteiger partial charge in [0, 0.05) is 20.2 Å². The lowest BCUT2D eigenvalue weighted by Crippen LogP contribution is -2.02. The smallest absolute Gasteiger partial charge is 0.145 e. The van der Waals surface area contributed by atoms with Gasteiger partial charge in [0.1, 0.15) is 11.5 Å². The van der Waals surface area contributed by atoms with Crippen LogP contribution in [-0.4, -0.2) is 13.2 Å². The van der Waals surface area contributed by atoms with Crippen LogP contribution in [0.4, 0.5) is 0 Å². The maximum atomic E-state index is 6.52. The first kappa shape index (κ1) is 29.7. The highest BCUT2D eigenvalue weighted by Gasteiger charge is 2.23. The first-order chi connectivity index (χ1) is 21.7. The van der Waals surface area contributed by atoms with E-state index in [9.17, 15) is 0 Å². The molecule has 218 valence electrons. The standard InChI is InChI=1S/C40H34O2S2/c1-3-41-36-28-37(43-34-24-20-31(21-25-34)29-14-8-5-9-15-29)38(33-18-12-7-13-19-33)39(42-4-2)40(36)44-35-26-22-32(23-27-35)30-16-10-6-11-17-30/h5-28H,3-4H2,1-2H3. The fraction of sp³-hybridized carbons (Fsp3) is 0.100. The molecule has 44 heavy (non-hydrogen) atoms. The summed E-state index contributed by atoms with van der Waals surface area (Å²) in [5.41, 5.74) is 7.01. The third kappa shape index (κ3) is 6.88. The molecule has 6 aromatic carbocycles. The number of ether oxygens (including phenoxy) is 2. The fourth-order valence-electron chi connectivity index (χ4n) is 5.13. The molecular weight excluding hydrogens is 577 g/mol. The molecule has 0 heterocycles. The predicted molar refractivity (Wildman–Crippen MR) is 186 cm³/mol. The van der Waals surface area contributed by atoms with Gasteiger partial charge in [-0.1, -0.05) is 139 Å². The SMILES string of the molecule is CCOc1cc(Sc2ccc(-c3ccccc3)cc2)c(-c2ccccc2)c(OCC)c1Sc1ccc(-c2ccccc2)cc1. The van der Waals surface area contributed by atoms with Crippen molar-refractivity contribution in [2.24, 2.45) is 0 Å². The van der Waals surface area contributed by atoms with Crippen molar-refractivity contribution in [3.63, 3.8) is 0 Å². The van der Waals surface area contributed by atoms with E-state index in [0.29, 0.717) is 13.2 Å². The van der Waals surface area contributed by atoms with E-state index >= 15 is 0 Å². The highest BCUT2D eigenvalue weighted by molar-refractivity contribution is 8.00. The molecule has 0 bridgehead atoms. The Morgan fingerprint density at radius 3 is 1.36 bits per heavy atom. The van der Waals surface area contributed by atoms with Crippen molar-refractivity contribution in [1.29, 1.82) is 0 Å². The second-order valence-corrected chi connectivity index (χ2v) is 12.3. The Morgan fingerprint density at radius 2 is 0.886 bits per heavy atom. The van der Waals surface area contributed by atoms with Gasteiger partial charge >= 0.3 is 0 Å². The molecule has 0 spiro atoms. The first-order valence-electron chi connectivity index (χ1n) is 14.9. The van der Waals surface area contributed by atoms with Crippen molar-refractivity contribution in [1.82, 2.24) is 0 Å². The average Bonchev–Trinajstić information content (AvgIpc) is 3.08. The van der Waals surface area contributed by atoms with Crippen LogP contribution >= 0.6 is 23.5 Å². The Balaban J connectivity index is 1.42. The van der Waals surface area contributed by atoms with Crippen molar-refractivity contribution in [3.8, 4) is 44.9 Å². The minimum atomic E-state index is 0.547. The van der Waals surface area contributed by atoms with E-state index in [1.807, 2.05) is 26.0 Å². The summed E-state index contributed by atoms with van der Waals surface area (Å²) in [5, 5.41) is 0. The van der Waals surface area contributed by atoms with Crippen LogP contribution in [0.3, 0.4) is 0 Å². The lowest BCUT2D eigenvalue weighted by atomic mass is 10.0. The van der Waals surface area contributed by atoms with Crippen LogP contribution in [0.15, 0.2) is 165 Å². The molecule has 0 saturated heterocycles. The Morgan fingerprint density at radius 1 is 0.455 bits per heavy atom. The van der Waals surface area contributed by atoms with E-state index < -0.39 is 0 Å². The van der Waals surface area contributed by atoms with Crippen LogP contribution < -0.4 is 9.47 Å². The van der Waals surface area contributed by atoms with Crippen LogP contribution in [0.5, 0.6) is 11.5 Å². The largest absolute Gasteiger partial charge is 0.493 e. The van der Waals surface area contributed by atoms with E-state index in [1.54, 1.807) is 23.5 Å². The van der Waals surface area contributed by atoms with E-state index in [2.05, 4.69) is 133 Å². The zero-order valence-electron chi connectivity index (χ0n) is 24.9. The van der Waals surface area contributed by atoms with E-state index in [4.69, 9.17) is 9.47 Å². The van der Waals surface area contributed by atoms with Crippen molar-refractivity contribution in [3.05, 3.63) is 146 Å². The molecule has 0 N–H and O–H groups in total. The molecule has 0 aliphatic rings. The second-order valence-electron chi connectivity index (χ2n) is 10.1. The average molecular weight is 611 g/mol. The molecule has 0 amide bonds. The molecule has 4 heteroatoms. The zero-order chi connectivity index (χ0) is 30.1. The zero-order valence-corrected chi connectivity index (χ0v) is 26.5. The highest BCUT2D eigenvalue weighted by atomic mass is 32.2. The molecule has 6 aromatic rings. The molecule has 0 aliphatic carbocycles. The summed E-state index contributed by atoms with van der Waals surface area (Å²) in [5.74, 6) is 1.68. The van der Waals surface area contributed by atoms with E-state index in [1.165, 1.54) is 22.3 Å². The van der Waals surface area contributed by atoms with Crippen LogP contribution in [0, 0.1) is 0 Å². The summed E-state index contributed by atoms with van der Waals surface area (Å²) < 4.78 is 12.8. The molecule has 0 atom stereocenters. The Hall–Kier alpha value is -4.38. The number of benzene rings is 6. The van der Waals surface area contributed by atoms with Crippen LogP contribution in [0.2, 0.25) is 0 Å². The van der Waals surface area contributed by atoms with Crippen molar-refractivity contribution in [2.45, 2.75) is 33.4 Å². The van der Waals surface area contributed by atoms with Gasteiger partial charge in [-0.15, -0.1) is 0 Å². The van der Waals surface area contributed by atoms with Gasteiger partial charge in [0.05, 0.1) is 18.1 Å². The minimum absolute atomic E-state index is 0.547. The summed E-state index contributed by atoms with van der Waals surface area (Å²) in [6.45, 7) is 5.18. The Bertz CT molecular complexity index is 1790. The molecule has 2 nitrogen and oxygen atoms in total. The van der Waals surface area contributed by atoms with Crippen LogP contribution in [0.25, 0.3) is 33.4 Å². The minimum Gasteiger partial charge on any atom is -0.493 e. The van der Waals surface area contributed by atoms with Gasteiger partial charge in [-0.25, -0.2) is 0 Å².